The van der Waals surface area contributed by atoms with E-state index < -0.39 is 11.6 Å². The van der Waals surface area contributed by atoms with Crippen molar-refractivity contribution in [1.82, 2.24) is 5.32 Å². The fraction of sp³-hybridized carbons (Fsp3) is 0.923. The van der Waals surface area contributed by atoms with Gasteiger partial charge in [-0.05, 0) is 38.0 Å². The van der Waals surface area contributed by atoms with Crippen molar-refractivity contribution in [3.63, 3.8) is 0 Å². The maximum atomic E-state index is 10.8. The Kier molecular flexibility index (Phi) is 3.73. The quantitative estimate of drug-likeness (QED) is 0.680. The van der Waals surface area contributed by atoms with Crippen LogP contribution in [0.2, 0.25) is 0 Å². The number of carboxylic acids is 1. The van der Waals surface area contributed by atoms with Gasteiger partial charge in [0.2, 0.25) is 0 Å². The van der Waals surface area contributed by atoms with E-state index in [9.17, 15) is 9.90 Å². The van der Waals surface area contributed by atoms with Crippen LogP contribution in [-0.2, 0) is 4.79 Å². The average molecular weight is 241 g/mol. The second kappa shape index (κ2) is 4.94. The number of aliphatic hydroxyl groups is 1. The molecule has 0 bridgehead atoms. The molecule has 2 aliphatic carbocycles. The Balaban J connectivity index is 1.72. The summed E-state index contributed by atoms with van der Waals surface area (Å²) in [5.74, 6) is -0.179. The van der Waals surface area contributed by atoms with Gasteiger partial charge in [0.05, 0.1) is 11.5 Å². The second-order valence-corrected chi connectivity index (χ2v) is 5.73. The van der Waals surface area contributed by atoms with Crippen LogP contribution in [-0.4, -0.2) is 34.4 Å². The lowest BCUT2D eigenvalue weighted by atomic mass is 9.79. The van der Waals surface area contributed by atoms with Crippen molar-refractivity contribution in [2.75, 3.05) is 6.54 Å². The van der Waals surface area contributed by atoms with Gasteiger partial charge in [0.15, 0.2) is 0 Å². The average Bonchev–Trinajstić information content (AvgIpc) is 3.06. The zero-order valence-electron chi connectivity index (χ0n) is 10.5. The Labute approximate surface area is 102 Å². The van der Waals surface area contributed by atoms with Gasteiger partial charge in [0.25, 0.3) is 0 Å². The molecular weight excluding hydrogens is 218 g/mol. The van der Waals surface area contributed by atoms with Crippen LogP contribution in [0.3, 0.4) is 0 Å². The number of carbonyl (C=O) groups is 1. The van der Waals surface area contributed by atoms with E-state index in [-0.39, 0.29) is 5.92 Å². The Hall–Kier alpha value is -0.610. The van der Waals surface area contributed by atoms with E-state index in [2.05, 4.69) is 12.2 Å². The minimum Gasteiger partial charge on any atom is -0.481 e. The molecule has 17 heavy (non-hydrogen) atoms. The van der Waals surface area contributed by atoms with Gasteiger partial charge in [-0.2, -0.15) is 0 Å². The molecule has 2 rings (SSSR count). The van der Waals surface area contributed by atoms with Crippen molar-refractivity contribution < 1.29 is 15.0 Å². The first-order chi connectivity index (χ1) is 8.04. The van der Waals surface area contributed by atoms with Crippen LogP contribution in [0.4, 0.5) is 0 Å². The highest BCUT2D eigenvalue weighted by Crippen LogP contribution is 2.35. The highest BCUT2D eigenvalue weighted by atomic mass is 16.4. The summed E-state index contributed by atoms with van der Waals surface area (Å²) in [6.07, 6.45) is 4.87. The van der Waals surface area contributed by atoms with Crippen LogP contribution in [0.5, 0.6) is 0 Å². The molecule has 2 saturated carbocycles. The molecule has 0 saturated heterocycles. The number of hydrogen-bond acceptors (Lipinski definition) is 3. The Morgan fingerprint density at radius 1 is 1.41 bits per heavy atom. The summed E-state index contributed by atoms with van der Waals surface area (Å²) in [7, 11) is 0. The first-order valence-electron chi connectivity index (χ1n) is 6.72. The van der Waals surface area contributed by atoms with Gasteiger partial charge in [0, 0.05) is 12.6 Å². The number of carboxylic acid groups (broad SMARTS) is 1. The lowest BCUT2D eigenvalue weighted by molar-refractivity contribution is -0.144. The summed E-state index contributed by atoms with van der Waals surface area (Å²) < 4.78 is 0. The van der Waals surface area contributed by atoms with Gasteiger partial charge in [-0.25, -0.2) is 0 Å². The normalized spacial score (nSPS) is 41.2. The minimum absolute atomic E-state index is 0.250. The number of nitrogens with one attached hydrogen (secondary N) is 1. The summed E-state index contributed by atoms with van der Waals surface area (Å²) in [5.41, 5.74) is -0.674. The molecule has 2 fully saturated rings. The molecule has 0 aliphatic heterocycles. The van der Waals surface area contributed by atoms with Gasteiger partial charge < -0.3 is 15.5 Å². The number of rotatable bonds is 5. The maximum absolute atomic E-state index is 10.8. The molecular formula is C13H23NO3. The topological polar surface area (TPSA) is 69.6 Å². The largest absolute Gasteiger partial charge is 0.481 e. The second-order valence-electron chi connectivity index (χ2n) is 5.73. The highest BCUT2D eigenvalue weighted by Gasteiger charge is 2.39. The molecule has 2 atom stereocenters. The Morgan fingerprint density at radius 2 is 2.06 bits per heavy atom. The zero-order chi connectivity index (χ0) is 12.5. The standard InChI is InChI=1S/C13H23NO3/c1-2-9-7-11(9)14-8-13(17)5-3-10(4-6-13)12(15)16/h9-11,14,17H,2-8H2,1H3,(H,15,16). The van der Waals surface area contributed by atoms with Crippen molar-refractivity contribution in [2.45, 2.75) is 57.1 Å². The summed E-state index contributed by atoms with van der Waals surface area (Å²) in [6, 6.07) is 0.584. The smallest absolute Gasteiger partial charge is 0.306 e. The van der Waals surface area contributed by atoms with Crippen LogP contribution in [0.25, 0.3) is 0 Å². The predicted molar refractivity (Wildman–Crippen MR) is 64.7 cm³/mol. The van der Waals surface area contributed by atoms with Crippen molar-refractivity contribution >= 4 is 5.97 Å². The molecule has 0 radical (unpaired) electrons. The SMILES string of the molecule is CCC1CC1NCC1(O)CCC(C(=O)O)CC1. The van der Waals surface area contributed by atoms with Crippen LogP contribution in [0, 0.1) is 11.8 Å². The molecule has 98 valence electrons. The molecule has 4 heteroatoms. The molecule has 0 aromatic rings. The molecule has 2 unspecified atom stereocenters. The van der Waals surface area contributed by atoms with Gasteiger partial charge >= 0.3 is 5.97 Å². The van der Waals surface area contributed by atoms with Gasteiger partial charge in [-0.1, -0.05) is 13.3 Å². The van der Waals surface area contributed by atoms with Crippen LogP contribution >= 0.6 is 0 Å². The fourth-order valence-corrected chi connectivity index (χ4v) is 2.85. The number of hydrogen-bond donors (Lipinski definition) is 3. The number of aliphatic carboxylic acids is 1. The van der Waals surface area contributed by atoms with Crippen molar-refractivity contribution in [3.05, 3.63) is 0 Å². The Morgan fingerprint density at radius 3 is 2.53 bits per heavy atom. The zero-order valence-corrected chi connectivity index (χ0v) is 10.5. The Bertz CT molecular complexity index is 284. The fourth-order valence-electron chi connectivity index (χ4n) is 2.85. The van der Waals surface area contributed by atoms with E-state index in [1.54, 1.807) is 0 Å². The van der Waals surface area contributed by atoms with E-state index >= 15 is 0 Å². The predicted octanol–water partition coefficient (Wildman–Crippen LogP) is 1.38. The van der Waals surface area contributed by atoms with E-state index in [0.29, 0.717) is 38.3 Å². The van der Waals surface area contributed by atoms with Crippen LogP contribution in [0.15, 0.2) is 0 Å². The molecule has 4 nitrogen and oxygen atoms in total. The van der Waals surface area contributed by atoms with Crippen molar-refractivity contribution in [3.8, 4) is 0 Å². The molecule has 0 heterocycles. The molecule has 0 aromatic carbocycles. The van der Waals surface area contributed by atoms with Gasteiger partial charge in [-0.15, -0.1) is 0 Å². The highest BCUT2D eigenvalue weighted by molar-refractivity contribution is 5.70. The summed E-state index contributed by atoms with van der Waals surface area (Å²) in [5, 5.41) is 22.7. The summed E-state index contributed by atoms with van der Waals surface area (Å²) in [4.78, 5) is 10.8. The minimum atomic E-state index is -0.715. The molecule has 0 amide bonds. The van der Waals surface area contributed by atoms with Crippen LogP contribution in [0.1, 0.15) is 45.4 Å². The van der Waals surface area contributed by atoms with E-state index in [0.717, 1.165) is 5.92 Å². The molecule has 0 aromatic heterocycles. The van der Waals surface area contributed by atoms with E-state index in [1.165, 1.54) is 12.8 Å². The third-order valence-corrected chi connectivity index (χ3v) is 4.41. The van der Waals surface area contributed by atoms with Crippen molar-refractivity contribution in [1.29, 1.82) is 0 Å². The molecule has 3 N–H and O–H groups in total. The monoisotopic (exact) mass is 241 g/mol. The summed E-state index contributed by atoms with van der Waals surface area (Å²) in [6.45, 7) is 2.82. The van der Waals surface area contributed by atoms with E-state index in [1.807, 2.05) is 0 Å². The third-order valence-electron chi connectivity index (χ3n) is 4.41. The summed E-state index contributed by atoms with van der Waals surface area (Å²) >= 11 is 0. The lowest BCUT2D eigenvalue weighted by Crippen LogP contribution is -2.45. The van der Waals surface area contributed by atoms with Crippen LogP contribution < -0.4 is 5.32 Å². The molecule has 2 aliphatic rings. The van der Waals surface area contributed by atoms with E-state index in [4.69, 9.17) is 5.11 Å². The van der Waals surface area contributed by atoms with Crippen molar-refractivity contribution in [2.24, 2.45) is 11.8 Å². The lowest BCUT2D eigenvalue weighted by Gasteiger charge is -2.35. The van der Waals surface area contributed by atoms with Gasteiger partial charge in [0.1, 0.15) is 0 Å². The molecule has 0 spiro atoms. The third kappa shape index (κ3) is 3.19. The first-order valence-corrected chi connectivity index (χ1v) is 6.72. The van der Waals surface area contributed by atoms with Gasteiger partial charge in [-0.3, -0.25) is 4.79 Å². The maximum Gasteiger partial charge on any atom is 0.306 e. The first kappa shape index (κ1) is 12.8.